The van der Waals surface area contributed by atoms with Crippen LogP contribution in [0.5, 0.6) is 5.88 Å². The predicted molar refractivity (Wildman–Crippen MR) is 137 cm³/mol. The Balaban J connectivity index is 1.18. The second-order valence-electron chi connectivity index (χ2n) is 11.2. The number of benzene rings is 2. The van der Waals surface area contributed by atoms with Gasteiger partial charge >= 0.3 is 12.1 Å². The molecule has 0 N–H and O–H groups in total. The lowest BCUT2D eigenvalue weighted by Crippen LogP contribution is -2.21. The van der Waals surface area contributed by atoms with Crippen LogP contribution in [-0.4, -0.2) is 24.2 Å². The Bertz CT molecular complexity index is 1450. The maximum atomic E-state index is 15.0. The maximum absolute atomic E-state index is 15.0. The topological polar surface area (TPSA) is 57.7 Å². The highest BCUT2D eigenvalue weighted by atomic mass is 19.4. The molecule has 2 aliphatic carbocycles. The van der Waals surface area contributed by atoms with E-state index in [4.69, 9.17) is 14.2 Å². The van der Waals surface area contributed by atoms with Crippen molar-refractivity contribution < 1.29 is 36.6 Å². The molecule has 1 saturated carbocycles. The molecule has 210 valence electrons. The number of halogens is 4. The van der Waals surface area contributed by atoms with Gasteiger partial charge in [0.2, 0.25) is 5.88 Å². The van der Waals surface area contributed by atoms with Gasteiger partial charge < -0.3 is 14.2 Å². The second-order valence-corrected chi connectivity index (χ2v) is 11.2. The summed E-state index contributed by atoms with van der Waals surface area (Å²) in [4.78, 5) is 16.8. The third kappa shape index (κ3) is 4.96. The summed E-state index contributed by atoms with van der Waals surface area (Å²) in [6.45, 7) is 4.45. The maximum Gasteiger partial charge on any atom is 0.416 e. The number of hydrogen-bond acceptors (Lipinski definition) is 5. The lowest BCUT2D eigenvalue weighted by Gasteiger charge is -2.29. The van der Waals surface area contributed by atoms with Crippen molar-refractivity contribution in [2.24, 2.45) is 17.8 Å². The standard InChI is InChI=1S/C31H29F4NO4/c1-16(2)14-40-30(37)28-22-9-18-12-26(36-13-23(18)27(22)28)39-15-19-10-21-17(11-25(19)32)7-8-38-29(21)20-5-3-4-6-24(20)31(33,34)35/h3-6,10-13,16,22,27-29H,7-9,14-15H2,1-2H3/t22-,27-,28+,29?/m1/s1. The molecule has 1 aromatic heterocycles. The molecule has 0 saturated heterocycles. The minimum Gasteiger partial charge on any atom is -0.473 e. The fourth-order valence-corrected chi connectivity index (χ4v) is 6.03. The van der Waals surface area contributed by atoms with Crippen LogP contribution in [0.1, 0.15) is 64.8 Å². The van der Waals surface area contributed by atoms with E-state index in [1.54, 1.807) is 6.20 Å². The molecule has 0 amide bonds. The summed E-state index contributed by atoms with van der Waals surface area (Å²) in [6.07, 6.45) is -2.67. The molecule has 6 rings (SSSR count). The van der Waals surface area contributed by atoms with E-state index >= 15 is 4.39 Å². The third-order valence-electron chi connectivity index (χ3n) is 7.98. The molecular weight excluding hydrogens is 526 g/mol. The Morgan fingerprint density at radius 1 is 1.10 bits per heavy atom. The molecule has 3 aromatic rings. The minimum atomic E-state index is -4.54. The predicted octanol–water partition coefficient (Wildman–Crippen LogP) is 6.57. The van der Waals surface area contributed by atoms with Crippen molar-refractivity contribution in [3.05, 3.63) is 93.4 Å². The van der Waals surface area contributed by atoms with Gasteiger partial charge in [-0.05, 0) is 70.7 Å². The number of alkyl halides is 3. The highest BCUT2D eigenvalue weighted by Crippen LogP contribution is 2.62. The number of pyridine rings is 1. The Kier molecular flexibility index (Phi) is 6.81. The summed E-state index contributed by atoms with van der Waals surface area (Å²) in [6, 6.07) is 10.0. The Labute approximate surface area is 229 Å². The Morgan fingerprint density at radius 2 is 1.90 bits per heavy atom. The van der Waals surface area contributed by atoms with Crippen LogP contribution in [0.2, 0.25) is 0 Å². The van der Waals surface area contributed by atoms with Crippen molar-refractivity contribution in [2.45, 2.75) is 51.5 Å². The number of hydrogen-bond donors (Lipinski definition) is 0. The summed E-state index contributed by atoms with van der Waals surface area (Å²) in [5, 5.41) is 0. The van der Waals surface area contributed by atoms with Crippen LogP contribution < -0.4 is 4.74 Å². The second kappa shape index (κ2) is 10.2. The SMILES string of the molecule is CC(C)COC(=O)[C@H]1[C@@H]2Cc3cc(OCc4cc5c(cc4F)CCOC5c4ccccc4C(F)(F)F)ncc3[C@@H]21. The number of rotatable bonds is 7. The Hall–Kier alpha value is -3.46. The highest BCUT2D eigenvalue weighted by Gasteiger charge is 2.60. The molecule has 2 aromatic carbocycles. The monoisotopic (exact) mass is 555 g/mol. The number of nitrogens with zero attached hydrogens (tertiary/aromatic N) is 1. The fourth-order valence-electron chi connectivity index (χ4n) is 6.03. The van der Waals surface area contributed by atoms with E-state index in [0.717, 1.165) is 23.6 Å². The van der Waals surface area contributed by atoms with E-state index in [1.165, 1.54) is 30.3 Å². The van der Waals surface area contributed by atoms with Crippen molar-refractivity contribution in [3.8, 4) is 5.88 Å². The molecule has 5 nitrogen and oxygen atoms in total. The third-order valence-corrected chi connectivity index (χ3v) is 7.98. The first kappa shape index (κ1) is 26.7. The average Bonchev–Trinajstić information content (AvgIpc) is 3.50. The number of carbonyl (C=O) groups is 1. The van der Waals surface area contributed by atoms with Gasteiger partial charge in [-0.1, -0.05) is 32.0 Å². The molecule has 1 fully saturated rings. The molecule has 0 spiro atoms. The smallest absolute Gasteiger partial charge is 0.416 e. The van der Waals surface area contributed by atoms with E-state index in [0.29, 0.717) is 30.0 Å². The normalized spacial score (nSPS) is 22.9. The van der Waals surface area contributed by atoms with Crippen LogP contribution in [-0.2, 0) is 39.9 Å². The summed E-state index contributed by atoms with van der Waals surface area (Å²) in [7, 11) is 0. The van der Waals surface area contributed by atoms with Gasteiger partial charge in [0.25, 0.3) is 0 Å². The quantitative estimate of drug-likeness (QED) is 0.244. The van der Waals surface area contributed by atoms with Gasteiger partial charge in [-0.15, -0.1) is 0 Å². The van der Waals surface area contributed by atoms with Crippen LogP contribution >= 0.6 is 0 Å². The largest absolute Gasteiger partial charge is 0.473 e. The first-order chi connectivity index (χ1) is 19.1. The molecule has 0 radical (unpaired) electrons. The highest BCUT2D eigenvalue weighted by molar-refractivity contribution is 5.79. The van der Waals surface area contributed by atoms with E-state index in [2.05, 4.69) is 4.98 Å². The number of aromatic nitrogens is 1. The van der Waals surface area contributed by atoms with Crippen molar-refractivity contribution >= 4 is 5.97 Å². The van der Waals surface area contributed by atoms with Gasteiger partial charge in [-0.2, -0.15) is 13.2 Å². The summed E-state index contributed by atoms with van der Waals surface area (Å²) < 4.78 is 73.2. The average molecular weight is 556 g/mol. The molecule has 40 heavy (non-hydrogen) atoms. The van der Waals surface area contributed by atoms with Gasteiger partial charge in [-0.25, -0.2) is 9.37 Å². The van der Waals surface area contributed by atoms with Crippen LogP contribution in [0.25, 0.3) is 0 Å². The van der Waals surface area contributed by atoms with E-state index < -0.39 is 23.7 Å². The number of ether oxygens (including phenoxy) is 3. The van der Waals surface area contributed by atoms with Gasteiger partial charge in [0.05, 0.1) is 24.7 Å². The van der Waals surface area contributed by atoms with Gasteiger partial charge in [0, 0.05) is 23.7 Å². The van der Waals surface area contributed by atoms with Crippen molar-refractivity contribution in [1.29, 1.82) is 0 Å². The summed E-state index contributed by atoms with van der Waals surface area (Å²) >= 11 is 0. The number of fused-ring (bicyclic) bond motifs is 4. The van der Waals surface area contributed by atoms with Crippen LogP contribution in [0.15, 0.2) is 48.7 Å². The van der Waals surface area contributed by atoms with Crippen LogP contribution in [0, 0.1) is 23.6 Å². The van der Waals surface area contributed by atoms with Crippen molar-refractivity contribution in [3.63, 3.8) is 0 Å². The number of carbonyl (C=O) groups excluding carboxylic acids is 1. The molecule has 1 aliphatic heterocycles. The van der Waals surface area contributed by atoms with Crippen molar-refractivity contribution in [2.75, 3.05) is 13.2 Å². The van der Waals surface area contributed by atoms with E-state index in [9.17, 15) is 18.0 Å². The lowest BCUT2D eigenvalue weighted by atomic mass is 9.89. The lowest BCUT2D eigenvalue weighted by molar-refractivity contribution is -0.146. The van der Waals surface area contributed by atoms with E-state index in [-0.39, 0.29) is 54.0 Å². The fraction of sp³-hybridized carbons (Fsp3) is 0.419. The van der Waals surface area contributed by atoms with Gasteiger partial charge in [0.1, 0.15) is 18.5 Å². The van der Waals surface area contributed by atoms with Crippen molar-refractivity contribution in [1.82, 2.24) is 4.98 Å². The molecule has 2 heterocycles. The van der Waals surface area contributed by atoms with Crippen LogP contribution in [0.4, 0.5) is 17.6 Å². The van der Waals surface area contributed by atoms with Crippen LogP contribution in [0.3, 0.4) is 0 Å². The minimum absolute atomic E-state index is 0.000304. The molecule has 0 bridgehead atoms. The molecule has 1 unspecified atom stereocenters. The zero-order valence-electron chi connectivity index (χ0n) is 22.1. The molecule has 4 atom stereocenters. The molecular formula is C31H29F4NO4. The summed E-state index contributed by atoms with van der Waals surface area (Å²) in [5.41, 5.74) is 2.62. The van der Waals surface area contributed by atoms with Gasteiger partial charge in [-0.3, -0.25) is 4.79 Å². The zero-order valence-corrected chi connectivity index (χ0v) is 22.1. The first-order valence-corrected chi connectivity index (χ1v) is 13.5. The van der Waals surface area contributed by atoms with Gasteiger partial charge in [0.15, 0.2) is 0 Å². The van der Waals surface area contributed by atoms with E-state index in [1.807, 2.05) is 19.9 Å². The molecule has 3 aliphatic rings. The zero-order chi connectivity index (χ0) is 28.2. The molecule has 9 heteroatoms. The Morgan fingerprint density at radius 3 is 2.67 bits per heavy atom. The summed E-state index contributed by atoms with van der Waals surface area (Å²) in [5.74, 6) is 0.164. The number of esters is 1. The first-order valence-electron chi connectivity index (χ1n) is 13.5.